The van der Waals surface area contributed by atoms with Gasteiger partial charge in [-0.05, 0) is 11.1 Å². The van der Waals surface area contributed by atoms with Crippen molar-refractivity contribution in [1.82, 2.24) is 9.97 Å². The van der Waals surface area contributed by atoms with Crippen LogP contribution in [-0.2, 0) is 0 Å². The van der Waals surface area contributed by atoms with Crippen molar-refractivity contribution in [2.24, 2.45) is 0 Å². The molecule has 2 aromatic rings. The number of rotatable bonds is 1. The summed E-state index contributed by atoms with van der Waals surface area (Å²) in [5, 5.41) is 3.66. The van der Waals surface area contributed by atoms with Crippen molar-refractivity contribution in [3.63, 3.8) is 0 Å². The average Bonchev–Trinajstić information content (AvgIpc) is 2.58. The summed E-state index contributed by atoms with van der Waals surface area (Å²) in [7, 11) is 0. The van der Waals surface area contributed by atoms with E-state index in [9.17, 15) is 4.39 Å². The van der Waals surface area contributed by atoms with E-state index in [1.807, 2.05) is 0 Å². The quantitative estimate of drug-likeness (QED) is 0.329. The second-order valence-corrected chi connectivity index (χ2v) is 2.98. The van der Waals surface area contributed by atoms with Gasteiger partial charge in [-0.1, -0.05) is 17.8 Å². The molecule has 0 unspecified atom stereocenters. The topological polar surface area (TPSA) is 25.8 Å². The summed E-state index contributed by atoms with van der Waals surface area (Å²) in [6, 6.07) is 2.96. The molecule has 5 heteroatoms. The largest absolute Gasteiger partial charge is 1.00 e. The summed E-state index contributed by atoms with van der Waals surface area (Å²) in [6.07, 6.45) is 3.05. The number of hydrogen-bond acceptors (Lipinski definition) is 3. The Labute approximate surface area is 91.0 Å². The van der Waals surface area contributed by atoms with Crippen LogP contribution in [0, 0.1) is 11.3 Å². The van der Waals surface area contributed by atoms with Gasteiger partial charge in [0.15, 0.2) is 0 Å². The second kappa shape index (κ2) is 4.52. The van der Waals surface area contributed by atoms with Gasteiger partial charge in [0.1, 0.15) is 0 Å². The average molecular weight is 186 g/mol. The molecule has 0 saturated heterocycles. The Balaban J connectivity index is 0.000000845. The Morgan fingerprint density at radius 2 is 2.15 bits per heavy atom. The van der Waals surface area contributed by atoms with Crippen LogP contribution in [0.3, 0.4) is 0 Å². The monoisotopic (exact) mass is 186 g/mol. The van der Waals surface area contributed by atoms with Crippen LogP contribution in [0.2, 0.25) is 0 Å². The summed E-state index contributed by atoms with van der Waals surface area (Å²) in [4.78, 5) is 7.54. The smallest absolute Gasteiger partial charge is 0.359 e. The normalized spacial score (nSPS) is 9.31. The van der Waals surface area contributed by atoms with Gasteiger partial charge >= 0.3 is 18.9 Å². The van der Waals surface area contributed by atoms with E-state index in [0.717, 1.165) is 10.6 Å². The van der Waals surface area contributed by atoms with Crippen molar-refractivity contribution in [3.8, 4) is 10.6 Å². The Hall–Kier alpha value is -0.693. The molecule has 0 bridgehead atoms. The van der Waals surface area contributed by atoms with Gasteiger partial charge in [-0.15, -0.1) is 0 Å². The first kappa shape index (κ1) is 10.4. The standard InChI is InChI=1S/C8H4FN2S.Li/c9-7-2-1-6(5-11-7)8-10-3-4-12-8;/h1-3,5H;/q-1;+1. The third-order valence-electron chi connectivity index (χ3n) is 1.36. The first-order valence-electron chi connectivity index (χ1n) is 3.30. The second-order valence-electron chi connectivity index (χ2n) is 2.15. The first-order chi connectivity index (χ1) is 5.86. The Kier molecular flexibility index (Phi) is 3.61. The molecule has 13 heavy (non-hydrogen) atoms. The maximum atomic E-state index is 12.4. The molecule has 0 spiro atoms. The predicted molar refractivity (Wildman–Crippen MR) is 44.1 cm³/mol. The van der Waals surface area contributed by atoms with E-state index in [0.29, 0.717) is 0 Å². The van der Waals surface area contributed by atoms with Gasteiger partial charge in [0.05, 0.1) is 0 Å². The molecule has 2 nitrogen and oxygen atoms in total. The van der Waals surface area contributed by atoms with Gasteiger partial charge in [0, 0.05) is 6.20 Å². The fourth-order valence-electron chi connectivity index (χ4n) is 0.829. The van der Waals surface area contributed by atoms with E-state index in [4.69, 9.17) is 0 Å². The molecule has 2 heterocycles. The molecule has 0 aliphatic heterocycles. The van der Waals surface area contributed by atoms with Gasteiger partial charge in [0.25, 0.3) is 0 Å². The van der Waals surface area contributed by atoms with Crippen LogP contribution >= 0.6 is 11.3 Å². The van der Waals surface area contributed by atoms with Gasteiger partial charge in [-0.25, -0.2) is 4.98 Å². The molecule has 0 radical (unpaired) electrons. The van der Waals surface area contributed by atoms with E-state index in [1.165, 1.54) is 23.6 Å². The Morgan fingerprint density at radius 1 is 1.31 bits per heavy atom. The number of hydrogen-bond donors (Lipinski definition) is 0. The minimum atomic E-state index is -0.473. The summed E-state index contributed by atoms with van der Waals surface area (Å²) in [5.74, 6) is -0.473. The minimum absolute atomic E-state index is 0. The minimum Gasteiger partial charge on any atom is -0.359 e. The molecule has 0 amide bonds. The molecule has 2 aromatic heterocycles. The van der Waals surface area contributed by atoms with Crippen molar-refractivity contribution in [2.75, 3.05) is 0 Å². The van der Waals surface area contributed by atoms with E-state index < -0.39 is 5.95 Å². The van der Waals surface area contributed by atoms with Crippen molar-refractivity contribution in [2.45, 2.75) is 0 Å². The van der Waals surface area contributed by atoms with Gasteiger partial charge in [-0.3, -0.25) is 0 Å². The van der Waals surface area contributed by atoms with Crippen LogP contribution in [0.5, 0.6) is 0 Å². The number of thiazole rings is 1. The molecule has 0 aliphatic rings. The van der Waals surface area contributed by atoms with Crippen molar-refractivity contribution in [3.05, 3.63) is 35.9 Å². The zero-order chi connectivity index (χ0) is 8.39. The molecular formula is C8H4FLiN2S. The van der Waals surface area contributed by atoms with E-state index in [-0.39, 0.29) is 18.9 Å². The third-order valence-corrected chi connectivity index (χ3v) is 2.12. The summed E-state index contributed by atoms with van der Waals surface area (Å²) in [6.45, 7) is 0. The third kappa shape index (κ3) is 2.38. The molecule has 2 rings (SSSR count). The number of aromatic nitrogens is 2. The summed E-state index contributed by atoms with van der Waals surface area (Å²) >= 11 is 1.38. The summed E-state index contributed by atoms with van der Waals surface area (Å²) < 4.78 is 12.4. The number of pyridine rings is 1. The van der Waals surface area contributed by atoms with Crippen LogP contribution < -0.4 is 18.9 Å². The zero-order valence-corrected chi connectivity index (χ0v) is 7.81. The van der Waals surface area contributed by atoms with Crippen LogP contribution in [0.1, 0.15) is 0 Å². The fourth-order valence-corrected chi connectivity index (χ4v) is 1.39. The molecule has 0 aliphatic carbocycles. The van der Waals surface area contributed by atoms with Gasteiger partial charge in [-0.2, -0.15) is 9.77 Å². The van der Waals surface area contributed by atoms with Crippen molar-refractivity contribution in [1.29, 1.82) is 0 Å². The molecule has 0 N–H and O–H groups in total. The number of halogens is 1. The van der Waals surface area contributed by atoms with Gasteiger partial charge < -0.3 is 16.3 Å². The van der Waals surface area contributed by atoms with E-state index in [2.05, 4.69) is 15.3 Å². The van der Waals surface area contributed by atoms with E-state index in [1.54, 1.807) is 12.3 Å². The SMILES string of the molecule is Fc1ccc(-c2nc[c-]s2)cn1.[Li+]. The molecule has 0 saturated carbocycles. The molecule has 60 valence electrons. The van der Waals surface area contributed by atoms with E-state index >= 15 is 0 Å². The van der Waals surface area contributed by atoms with Crippen LogP contribution in [0.15, 0.2) is 24.5 Å². The van der Waals surface area contributed by atoms with Gasteiger partial charge in [0.2, 0.25) is 5.95 Å². The number of nitrogens with zero attached hydrogens (tertiary/aromatic N) is 2. The molecular weight excluding hydrogens is 182 g/mol. The maximum Gasteiger partial charge on any atom is 1.00 e. The maximum absolute atomic E-state index is 12.4. The molecule has 0 atom stereocenters. The zero-order valence-electron chi connectivity index (χ0n) is 6.99. The first-order valence-corrected chi connectivity index (χ1v) is 4.12. The van der Waals surface area contributed by atoms with Crippen LogP contribution in [-0.4, -0.2) is 9.97 Å². The Bertz CT molecular complexity index is 360. The van der Waals surface area contributed by atoms with Crippen LogP contribution in [0.25, 0.3) is 10.6 Å². The predicted octanol–water partition coefficient (Wildman–Crippen LogP) is -0.852. The van der Waals surface area contributed by atoms with Crippen molar-refractivity contribution < 1.29 is 23.3 Å². The molecule has 0 aromatic carbocycles. The summed E-state index contributed by atoms with van der Waals surface area (Å²) in [5.41, 5.74) is 0.822. The fraction of sp³-hybridized carbons (Fsp3) is 0. The van der Waals surface area contributed by atoms with Crippen LogP contribution in [0.4, 0.5) is 4.39 Å². The van der Waals surface area contributed by atoms with Crippen molar-refractivity contribution >= 4 is 11.3 Å². The molecule has 0 fully saturated rings. The Morgan fingerprint density at radius 3 is 2.69 bits per heavy atom.